The molecule has 0 atom stereocenters. The van der Waals surface area contributed by atoms with Crippen LogP contribution >= 0.6 is 0 Å². The first-order valence-corrected chi connectivity index (χ1v) is 2.92. The first-order chi connectivity index (χ1) is 4.74. The second kappa shape index (κ2) is 2.58. The van der Waals surface area contributed by atoms with Crippen molar-refractivity contribution in [3.63, 3.8) is 0 Å². The summed E-state index contributed by atoms with van der Waals surface area (Å²) in [5.41, 5.74) is 6.33. The zero-order valence-electron chi connectivity index (χ0n) is 5.41. The lowest BCUT2D eigenvalue weighted by atomic mass is 10.2. The van der Waals surface area contributed by atoms with Gasteiger partial charge in [-0.15, -0.1) is 0 Å². The molecule has 0 unspecified atom stereocenters. The molecule has 0 radical (unpaired) electrons. The van der Waals surface area contributed by atoms with E-state index in [-0.39, 0.29) is 12.4 Å². The standard InChI is InChI=1S/C7H9NO2/c8-6-2-1-5(4-9)7(10)3-6/h1-3,9-10H,4,8H2. The molecule has 3 heteroatoms. The van der Waals surface area contributed by atoms with Crippen LogP contribution in [0.2, 0.25) is 0 Å². The minimum atomic E-state index is -0.161. The van der Waals surface area contributed by atoms with E-state index in [1.165, 1.54) is 6.07 Å². The van der Waals surface area contributed by atoms with E-state index in [4.69, 9.17) is 15.9 Å². The van der Waals surface area contributed by atoms with Gasteiger partial charge in [0.2, 0.25) is 0 Å². The predicted molar refractivity (Wildman–Crippen MR) is 38.4 cm³/mol. The van der Waals surface area contributed by atoms with Gasteiger partial charge < -0.3 is 15.9 Å². The number of benzene rings is 1. The average Bonchev–Trinajstić information content (AvgIpc) is 1.88. The molecule has 54 valence electrons. The van der Waals surface area contributed by atoms with Crippen molar-refractivity contribution in [1.82, 2.24) is 0 Å². The first kappa shape index (κ1) is 6.89. The molecular weight excluding hydrogens is 130 g/mol. The Morgan fingerprint density at radius 1 is 1.40 bits per heavy atom. The molecule has 0 amide bonds. The average molecular weight is 139 g/mol. The second-order valence-electron chi connectivity index (χ2n) is 2.05. The van der Waals surface area contributed by atoms with Crippen molar-refractivity contribution in [2.75, 3.05) is 5.73 Å². The van der Waals surface area contributed by atoms with E-state index in [1.54, 1.807) is 12.1 Å². The van der Waals surface area contributed by atoms with Crippen LogP contribution in [0.5, 0.6) is 5.75 Å². The molecule has 0 aliphatic carbocycles. The van der Waals surface area contributed by atoms with Crippen LogP contribution in [-0.2, 0) is 6.61 Å². The fourth-order valence-corrected chi connectivity index (χ4v) is 0.715. The van der Waals surface area contributed by atoms with E-state index < -0.39 is 0 Å². The maximum absolute atomic E-state index is 9.05. The third-order valence-corrected chi connectivity index (χ3v) is 1.28. The number of hydrogen-bond acceptors (Lipinski definition) is 3. The monoisotopic (exact) mass is 139 g/mol. The van der Waals surface area contributed by atoms with Gasteiger partial charge in [0.1, 0.15) is 5.75 Å². The number of nitrogens with two attached hydrogens (primary N) is 1. The minimum absolute atomic E-state index is 0.0440. The summed E-state index contributed by atoms with van der Waals surface area (Å²) in [6, 6.07) is 4.63. The summed E-state index contributed by atoms with van der Waals surface area (Å²) in [7, 11) is 0. The summed E-state index contributed by atoms with van der Waals surface area (Å²) in [6.07, 6.45) is 0. The minimum Gasteiger partial charge on any atom is -0.508 e. The zero-order valence-corrected chi connectivity index (χ0v) is 5.41. The van der Waals surface area contributed by atoms with Crippen LogP contribution in [0.4, 0.5) is 5.69 Å². The van der Waals surface area contributed by atoms with Gasteiger partial charge in [-0.2, -0.15) is 0 Å². The van der Waals surface area contributed by atoms with Crippen molar-refractivity contribution in [3.05, 3.63) is 23.8 Å². The SMILES string of the molecule is Nc1ccc(CO)c(O)c1. The molecule has 1 aromatic carbocycles. The van der Waals surface area contributed by atoms with Gasteiger partial charge in [0.15, 0.2) is 0 Å². The summed E-state index contributed by atoms with van der Waals surface area (Å²) in [5, 5.41) is 17.7. The van der Waals surface area contributed by atoms with Gasteiger partial charge in [-0.3, -0.25) is 0 Å². The van der Waals surface area contributed by atoms with Gasteiger partial charge in [0, 0.05) is 17.3 Å². The van der Waals surface area contributed by atoms with Gasteiger partial charge in [-0.1, -0.05) is 6.07 Å². The maximum atomic E-state index is 9.05. The predicted octanol–water partition coefficient (Wildman–Crippen LogP) is 0.467. The molecule has 10 heavy (non-hydrogen) atoms. The van der Waals surface area contributed by atoms with Crippen molar-refractivity contribution in [3.8, 4) is 5.75 Å². The number of aromatic hydroxyl groups is 1. The Bertz CT molecular complexity index is 235. The normalized spacial score (nSPS) is 9.70. The molecule has 0 saturated carbocycles. The summed E-state index contributed by atoms with van der Waals surface area (Å²) >= 11 is 0. The van der Waals surface area contributed by atoms with Crippen molar-refractivity contribution in [1.29, 1.82) is 0 Å². The van der Waals surface area contributed by atoms with E-state index >= 15 is 0 Å². The highest BCUT2D eigenvalue weighted by Crippen LogP contribution is 2.19. The van der Waals surface area contributed by atoms with E-state index in [2.05, 4.69) is 0 Å². The Labute approximate surface area is 58.7 Å². The smallest absolute Gasteiger partial charge is 0.123 e. The molecule has 1 aromatic rings. The Hall–Kier alpha value is -1.22. The molecule has 0 spiro atoms. The third kappa shape index (κ3) is 1.19. The number of rotatable bonds is 1. The molecular formula is C7H9NO2. The molecule has 4 N–H and O–H groups in total. The Morgan fingerprint density at radius 2 is 2.10 bits per heavy atom. The second-order valence-corrected chi connectivity index (χ2v) is 2.05. The number of hydrogen-bond donors (Lipinski definition) is 3. The van der Waals surface area contributed by atoms with E-state index in [1.807, 2.05) is 0 Å². The molecule has 0 saturated heterocycles. The Kier molecular flexibility index (Phi) is 1.78. The number of nitrogen functional groups attached to an aromatic ring is 1. The van der Waals surface area contributed by atoms with Crippen molar-refractivity contribution < 1.29 is 10.2 Å². The fourth-order valence-electron chi connectivity index (χ4n) is 0.715. The first-order valence-electron chi connectivity index (χ1n) is 2.92. The number of aliphatic hydroxyl groups excluding tert-OH is 1. The summed E-state index contributed by atoms with van der Waals surface area (Å²) in [4.78, 5) is 0. The van der Waals surface area contributed by atoms with E-state index in [9.17, 15) is 0 Å². The molecule has 3 nitrogen and oxygen atoms in total. The molecule has 0 aromatic heterocycles. The summed E-state index contributed by atoms with van der Waals surface area (Å²) < 4.78 is 0. The summed E-state index contributed by atoms with van der Waals surface area (Å²) in [5.74, 6) is 0.0440. The van der Waals surface area contributed by atoms with Crippen LogP contribution in [-0.4, -0.2) is 10.2 Å². The van der Waals surface area contributed by atoms with Crippen molar-refractivity contribution in [2.45, 2.75) is 6.61 Å². The van der Waals surface area contributed by atoms with Crippen molar-refractivity contribution >= 4 is 5.69 Å². The highest BCUT2D eigenvalue weighted by Gasteiger charge is 1.97. The highest BCUT2D eigenvalue weighted by molar-refractivity contribution is 5.47. The molecule has 0 bridgehead atoms. The molecule has 0 aliphatic rings. The van der Waals surface area contributed by atoms with Gasteiger partial charge in [-0.05, 0) is 6.07 Å². The van der Waals surface area contributed by atoms with Gasteiger partial charge in [-0.25, -0.2) is 0 Å². The molecule has 0 aliphatic heterocycles. The van der Waals surface area contributed by atoms with E-state index in [0.29, 0.717) is 11.3 Å². The summed E-state index contributed by atoms with van der Waals surface area (Å²) in [6.45, 7) is -0.161. The van der Waals surface area contributed by atoms with Gasteiger partial charge in [0.05, 0.1) is 6.61 Å². The largest absolute Gasteiger partial charge is 0.508 e. The van der Waals surface area contributed by atoms with Crippen LogP contribution in [0, 0.1) is 0 Å². The van der Waals surface area contributed by atoms with Gasteiger partial charge in [0.25, 0.3) is 0 Å². The fraction of sp³-hybridized carbons (Fsp3) is 0.143. The molecule has 1 rings (SSSR count). The topological polar surface area (TPSA) is 66.5 Å². The van der Waals surface area contributed by atoms with E-state index in [0.717, 1.165) is 0 Å². The van der Waals surface area contributed by atoms with Crippen LogP contribution in [0.15, 0.2) is 18.2 Å². The van der Waals surface area contributed by atoms with Crippen LogP contribution in [0.1, 0.15) is 5.56 Å². The van der Waals surface area contributed by atoms with Crippen LogP contribution < -0.4 is 5.73 Å². The number of aliphatic hydroxyl groups is 1. The lowest BCUT2D eigenvalue weighted by molar-refractivity contribution is 0.275. The highest BCUT2D eigenvalue weighted by atomic mass is 16.3. The Morgan fingerprint density at radius 3 is 2.60 bits per heavy atom. The Balaban J connectivity index is 3.07. The lowest BCUT2D eigenvalue weighted by Gasteiger charge is -2.00. The zero-order chi connectivity index (χ0) is 7.56. The van der Waals surface area contributed by atoms with Crippen molar-refractivity contribution in [2.24, 2.45) is 0 Å². The number of phenols is 1. The molecule has 0 fully saturated rings. The molecule has 0 heterocycles. The van der Waals surface area contributed by atoms with Gasteiger partial charge >= 0.3 is 0 Å². The maximum Gasteiger partial charge on any atom is 0.123 e. The number of anilines is 1. The van der Waals surface area contributed by atoms with Crippen LogP contribution in [0.25, 0.3) is 0 Å². The third-order valence-electron chi connectivity index (χ3n) is 1.28. The van der Waals surface area contributed by atoms with Crippen LogP contribution in [0.3, 0.4) is 0 Å². The lowest BCUT2D eigenvalue weighted by Crippen LogP contribution is -1.87. The quantitative estimate of drug-likeness (QED) is 0.495.